The van der Waals surface area contributed by atoms with Crippen LogP contribution in [0, 0.1) is 0 Å². The summed E-state index contributed by atoms with van der Waals surface area (Å²) in [5, 5.41) is 7.48. The molecule has 0 aliphatic rings. The molecule has 0 aliphatic carbocycles. The number of amides is 1. The standard InChI is InChI=1S/C17H13BrClN3O/c18-13-7-5-12(6-8-13)10-22-11-14(9-20-22)21-17(23)15-3-1-2-4-16(15)19/h1-9,11H,10H2,(H,21,23). The lowest BCUT2D eigenvalue weighted by Crippen LogP contribution is -2.11. The fraction of sp³-hybridized carbons (Fsp3) is 0.0588. The highest BCUT2D eigenvalue weighted by molar-refractivity contribution is 9.10. The molecule has 1 N–H and O–H groups in total. The van der Waals surface area contributed by atoms with Gasteiger partial charge in [0.25, 0.3) is 5.91 Å². The molecule has 1 amide bonds. The van der Waals surface area contributed by atoms with Gasteiger partial charge in [0.15, 0.2) is 0 Å². The van der Waals surface area contributed by atoms with E-state index in [4.69, 9.17) is 11.6 Å². The predicted octanol–water partition coefficient (Wildman–Crippen LogP) is 4.60. The minimum atomic E-state index is -0.251. The highest BCUT2D eigenvalue weighted by Gasteiger charge is 2.10. The molecule has 0 bridgehead atoms. The number of halogens is 2. The lowest BCUT2D eigenvalue weighted by molar-refractivity contribution is 0.102. The number of hydrogen-bond donors (Lipinski definition) is 1. The van der Waals surface area contributed by atoms with E-state index in [0.717, 1.165) is 10.0 Å². The molecule has 0 aliphatic heterocycles. The fourth-order valence-electron chi connectivity index (χ4n) is 2.14. The Balaban J connectivity index is 1.69. The molecule has 0 atom stereocenters. The molecule has 6 heteroatoms. The second kappa shape index (κ2) is 6.98. The number of rotatable bonds is 4. The molecule has 1 aromatic heterocycles. The summed E-state index contributed by atoms with van der Waals surface area (Å²) in [5.41, 5.74) is 2.20. The topological polar surface area (TPSA) is 46.9 Å². The van der Waals surface area contributed by atoms with Crippen molar-refractivity contribution >= 4 is 39.1 Å². The van der Waals surface area contributed by atoms with E-state index in [2.05, 4.69) is 26.3 Å². The lowest BCUT2D eigenvalue weighted by Gasteiger charge is -2.04. The smallest absolute Gasteiger partial charge is 0.257 e. The molecule has 1 heterocycles. The average Bonchev–Trinajstić information content (AvgIpc) is 2.97. The van der Waals surface area contributed by atoms with E-state index in [1.807, 2.05) is 24.3 Å². The lowest BCUT2D eigenvalue weighted by atomic mass is 10.2. The molecule has 0 fully saturated rings. The maximum Gasteiger partial charge on any atom is 0.257 e. The van der Waals surface area contributed by atoms with Gasteiger partial charge in [0.05, 0.1) is 29.0 Å². The molecular formula is C17H13BrClN3O. The summed E-state index contributed by atoms with van der Waals surface area (Å²) >= 11 is 9.43. The van der Waals surface area contributed by atoms with Gasteiger partial charge < -0.3 is 5.32 Å². The van der Waals surface area contributed by atoms with Crippen molar-refractivity contribution in [2.75, 3.05) is 5.32 Å². The van der Waals surface area contributed by atoms with Crippen LogP contribution in [0.4, 0.5) is 5.69 Å². The molecule has 0 spiro atoms. The molecule has 3 rings (SSSR count). The number of carbonyl (C=O) groups is 1. The number of hydrogen-bond acceptors (Lipinski definition) is 2. The fourth-order valence-corrected chi connectivity index (χ4v) is 2.62. The Morgan fingerprint density at radius 3 is 2.65 bits per heavy atom. The maximum atomic E-state index is 12.2. The van der Waals surface area contributed by atoms with Gasteiger partial charge in [-0.05, 0) is 29.8 Å². The van der Waals surface area contributed by atoms with Crippen molar-refractivity contribution in [1.29, 1.82) is 0 Å². The Bertz CT molecular complexity index is 830. The largest absolute Gasteiger partial charge is 0.319 e. The van der Waals surface area contributed by atoms with Gasteiger partial charge in [0, 0.05) is 10.7 Å². The normalized spacial score (nSPS) is 10.5. The zero-order chi connectivity index (χ0) is 16.2. The van der Waals surface area contributed by atoms with E-state index < -0.39 is 0 Å². The van der Waals surface area contributed by atoms with Gasteiger partial charge in [-0.1, -0.05) is 51.8 Å². The first-order valence-electron chi connectivity index (χ1n) is 6.94. The third-order valence-corrected chi connectivity index (χ3v) is 4.13. The van der Waals surface area contributed by atoms with Gasteiger partial charge in [0.2, 0.25) is 0 Å². The van der Waals surface area contributed by atoms with Crippen LogP contribution in [0.15, 0.2) is 65.4 Å². The van der Waals surface area contributed by atoms with E-state index in [1.54, 1.807) is 41.3 Å². The summed E-state index contributed by atoms with van der Waals surface area (Å²) in [7, 11) is 0. The highest BCUT2D eigenvalue weighted by Crippen LogP contribution is 2.17. The molecule has 0 saturated carbocycles. The Hall–Kier alpha value is -2.11. The monoisotopic (exact) mass is 389 g/mol. The van der Waals surface area contributed by atoms with Crippen molar-refractivity contribution in [2.24, 2.45) is 0 Å². The van der Waals surface area contributed by atoms with E-state index in [1.165, 1.54) is 0 Å². The molecule has 2 aromatic carbocycles. The summed E-state index contributed by atoms with van der Waals surface area (Å²) in [4.78, 5) is 12.2. The van der Waals surface area contributed by atoms with Crippen molar-refractivity contribution in [3.8, 4) is 0 Å². The average molecular weight is 391 g/mol. The zero-order valence-electron chi connectivity index (χ0n) is 12.0. The van der Waals surface area contributed by atoms with E-state index in [-0.39, 0.29) is 5.91 Å². The third kappa shape index (κ3) is 4.00. The number of anilines is 1. The molecule has 116 valence electrons. The minimum absolute atomic E-state index is 0.251. The van der Waals surface area contributed by atoms with Crippen LogP contribution in [0.1, 0.15) is 15.9 Å². The molecule has 23 heavy (non-hydrogen) atoms. The van der Waals surface area contributed by atoms with Gasteiger partial charge in [-0.15, -0.1) is 0 Å². The molecule has 4 nitrogen and oxygen atoms in total. The minimum Gasteiger partial charge on any atom is -0.319 e. The van der Waals surface area contributed by atoms with E-state index in [0.29, 0.717) is 22.8 Å². The second-order valence-electron chi connectivity index (χ2n) is 4.99. The molecule has 0 saturated heterocycles. The van der Waals surface area contributed by atoms with Crippen LogP contribution in [0.2, 0.25) is 5.02 Å². The van der Waals surface area contributed by atoms with Gasteiger partial charge in [0.1, 0.15) is 0 Å². The van der Waals surface area contributed by atoms with Gasteiger partial charge in [-0.2, -0.15) is 5.10 Å². The van der Waals surface area contributed by atoms with Crippen molar-refractivity contribution in [3.63, 3.8) is 0 Å². The first-order valence-corrected chi connectivity index (χ1v) is 8.12. The maximum absolute atomic E-state index is 12.2. The van der Waals surface area contributed by atoms with Crippen LogP contribution >= 0.6 is 27.5 Å². The van der Waals surface area contributed by atoms with Crippen LogP contribution in [0.3, 0.4) is 0 Å². The molecule has 0 radical (unpaired) electrons. The third-order valence-electron chi connectivity index (χ3n) is 3.27. The number of aromatic nitrogens is 2. The Morgan fingerprint density at radius 2 is 1.91 bits per heavy atom. The van der Waals surface area contributed by atoms with Crippen LogP contribution in [0.25, 0.3) is 0 Å². The summed E-state index contributed by atoms with van der Waals surface area (Å²) in [6.07, 6.45) is 3.41. The SMILES string of the molecule is O=C(Nc1cnn(Cc2ccc(Br)cc2)c1)c1ccccc1Cl. The number of benzene rings is 2. The predicted molar refractivity (Wildman–Crippen MR) is 94.9 cm³/mol. The Labute approximate surface area is 147 Å². The number of nitrogens with zero attached hydrogens (tertiary/aromatic N) is 2. The van der Waals surface area contributed by atoms with Crippen molar-refractivity contribution in [2.45, 2.75) is 6.54 Å². The van der Waals surface area contributed by atoms with Crippen molar-refractivity contribution < 1.29 is 4.79 Å². The first kappa shape index (κ1) is 15.8. The summed E-state index contributed by atoms with van der Waals surface area (Å²) in [6, 6.07) is 14.9. The molecule has 0 unspecified atom stereocenters. The van der Waals surface area contributed by atoms with E-state index in [9.17, 15) is 4.79 Å². The van der Waals surface area contributed by atoms with Gasteiger partial charge in [-0.3, -0.25) is 9.48 Å². The van der Waals surface area contributed by atoms with E-state index >= 15 is 0 Å². The van der Waals surface area contributed by atoms with Crippen molar-refractivity contribution in [1.82, 2.24) is 9.78 Å². The number of nitrogens with one attached hydrogen (secondary N) is 1. The van der Waals surface area contributed by atoms with Crippen LogP contribution in [-0.4, -0.2) is 15.7 Å². The summed E-state index contributed by atoms with van der Waals surface area (Å²) < 4.78 is 2.81. The molecule has 3 aromatic rings. The Morgan fingerprint density at radius 1 is 1.17 bits per heavy atom. The quantitative estimate of drug-likeness (QED) is 0.708. The molecular weight excluding hydrogens is 378 g/mol. The van der Waals surface area contributed by atoms with Crippen LogP contribution < -0.4 is 5.32 Å². The Kier molecular flexibility index (Phi) is 4.79. The second-order valence-corrected chi connectivity index (χ2v) is 6.31. The van der Waals surface area contributed by atoms with Gasteiger partial charge >= 0.3 is 0 Å². The van der Waals surface area contributed by atoms with Crippen molar-refractivity contribution in [3.05, 3.63) is 81.5 Å². The number of carbonyl (C=O) groups excluding carboxylic acids is 1. The summed E-state index contributed by atoms with van der Waals surface area (Å²) in [6.45, 7) is 0.634. The zero-order valence-corrected chi connectivity index (χ0v) is 14.4. The highest BCUT2D eigenvalue weighted by atomic mass is 79.9. The summed E-state index contributed by atoms with van der Waals surface area (Å²) in [5.74, 6) is -0.251. The van der Waals surface area contributed by atoms with Gasteiger partial charge in [-0.25, -0.2) is 0 Å². The van der Waals surface area contributed by atoms with Crippen LogP contribution in [-0.2, 0) is 6.54 Å². The van der Waals surface area contributed by atoms with Crippen LogP contribution in [0.5, 0.6) is 0 Å². The first-order chi connectivity index (χ1) is 11.1.